The Labute approximate surface area is 177 Å². The number of amides is 1. The number of allylic oxidation sites excluding steroid dienone is 1. The van der Waals surface area contributed by atoms with E-state index < -0.39 is 5.91 Å². The van der Waals surface area contributed by atoms with Gasteiger partial charge in [0.1, 0.15) is 18.2 Å². The summed E-state index contributed by atoms with van der Waals surface area (Å²) < 4.78 is 16.5. The molecular formula is C22H17N3O4S. The Bertz CT molecular complexity index is 1150. The molecule has 0 unspecified atom stereocenters. The first kappa shape index (κ1) is 18.5. The molecule has 2 aromatic carbocycles. The van der Waals surface area contributed by atoms with Crippen LogP contribution in [0.25, 0.3) is 6.08 Å². The molecule has 0 bridgehead atoms. The van der Waals surface area contributed by atoms with Crippen LogP contribution in [-0.4, -0.2) is 28.6 Å². The van der Waals surface area contributed by atoms with Gasteiger partial charge in [0.05, 0.1) is 5.57 Å². The van der Waals surface area contributed by atoms with Crippen molar-refractivity contribution in [2.45, 2.75) is 13.5 Å². The molecule has 0 spiro atoms. The lowest BCUT2D eigenvalue weighted by atomic mass is 10.1. The van der Waals surface area contributed by atoms with Crippen LogP contribution in [0.4, 0.5) is 0 Å². The maximum Gasteiger partial charge on any atom is 0.283 e. The van der Waals surface area contributed by atoms with Crippen LogP contribution < -0.4 is 14.2 Å². The maximum absolute atomic E-state index is 12.4. The Morgan fingerprint density at radius 2 is 2.00 bits per heavy atom. The number of nitrogens with one attached hydrogen (secondary N) is 1. The van der Waals surface area contributed by atoms with Crippen LogP contribution in [0.3, 0.4) is 0 Å². The van der Waals surface area contributed by atoms with Crippen LogP contribution in [-0.2, 0) is 11.4 Å². The van der Waals surface area contributed by atoms with Crippen LogP contribution in [0.15, 0.2) is 64.1 Å². The molecule has 0 aromatic heterocycles. The first-order valence-electron chi connectivity index (χ1n) is 9.27. The molecular weight excluding hydrogens is 402 g/mol. The zero-order valence-corrected chi connectivity index (χ0v) is 16.9. The van der Waals surface area contributed by atoms with Gasteiger partial charge in [0.15, 0.2) is 16.7 Å². The normalized spacial score (nSPS) is 18.4. The molecule has 0 atom stereocenters. The summed E-state index contributed by atoms with van der Waals surface area (Å²) in [4.78, 5) is 18.1. The summed E-state index contributed by atoms with van der Waals surface area (Å²) in [5.41, 5.74) is 2.93. The average molecular weight is 419 g/mol. The van der Waals surface area contributed by atoms with Gasteiger partial charge in [-0.1, -0.05) is 30.0 Å². The molecule has 3 heterocycles. The van der Waals surface area contributed by atoms with Crippen molar-refractivity contribution in [1.82, 2.24) is 4.90 Å². The number of fused-ring (bicyclic) bond motifs is 2. The second-order valence-electron chi connectivity index (χ2n) is 6.86. The minimum absolute atomic E-state index is 0.145. The smallest absolute Gasteiger partial charge is 0.283 e. The number of hydrogen-bond acceptors (Lipinski definition) is 6. The number of amidine groups is 2. The highest BCUT2D eigenvalue weighted by Crippen LogP contribution is 2.33. The zero-order chi connectivity index (χ0) is 20.7. The second-order valence-corrected chi connectivity index (χ2v) is 7.70. The van der Waals surface area contributed by atoms with E-state index in [9.17, 15) is 4.79 Å². The molecule has 0 radical (unpaired) electrons. The molecule has 150 valence electrons. The summed E-state index contributed by atoms with van der Waals surface area (Å²) in [5.74, 6) is 1.92. The topological polar surface area (TPSA) is 84.2 Å². The summed E-state index contributed by atoms with van der Waals surface area (Å²) in [6.45, 7) is 2.54. The lowest BCUT2D eigenvalue weighted by Crippen LogP contribution is -2.37. The van der Waals surface area contributed by atoms with E-state index >= 15 is 0 Å². The number of aliphatic imine (C=N–C) groups is 1. The van der Waals surface area contributed by atoms with Gasteiger partial charge in [-0.2, -0.15) is 4.99 Å². The Morgan fingerprint density at radius 3 is 2.83 bits per heavy atom. The molecule has 7 nitrogen and oxygen atoms in total. The SMILES string of the molecule is CC1=CSC2=NC(=O)/C(=C/c3ccc(OCc4ccc5c(c4)OCO5)cc3)C(=N)N12. The lowest BCUT2D eigenvalue weighted by molar-refractivity contribution is -0.114. The zero-order valence-electron chi connectivity index (χ0n) is 16.0. The van der Waals surface area contributed by atoms with E-state index in [4.69, 9.17) is 19.6 Å². The Morgan fingerprint density at radius 1 is 1.20 bits per heavy atom. The van der Waals surface area contributed by atoms with E-state index in [1.165, 1.54) is 11.8 Å². The first-order chi connectivity index (χ1) is 14.6. The maximum atomic E-state index is 12.4. The highest BCUT2D eigenvalue weighted by molar-refractivity contribution is 8.16. The van der Waals surface area contributed by atoms with Gasteiger partial charge >= 0.3 is 0 Å². The third-order valence-corrected chi connectivity index (χ3v) is 5.76. The largest absolute Gasteiger partial charge is 0.489 e. The average Bonchev–Trinajstić information content (AvgIpc) is 3.36. The van der Waals surface area contributed by atoms with E-state index in [0.29, 0.717) is 17.5 Å². The molecule has 0 fully saturated rings. The standard InChI is InChI=1S/C22H17N3O4S/c1-13-11-30-22-24-21(26)17(20(23)25(13)22)8-14-2-5-16(6-3-14)27-10-15-4-7-18-19(9-15)29-12-28-18/h2-9,11,23H,10,12H2,1H3/b17-8+,23-20?. The van der Waals surface area contributed by atoms with E-state index in [1.807, 2.05) is 54.8 Å². The number of carbonyl (C=O) groups excluding carboxylic acids is 1. The molecule has 30 heavy (non-hydrogen) atoms. The molecule has 0 saturated heterocycles. The minimum Gasteiger partial charge on any atom is -0.489 e. The molecule has 1 amide bonds. The summed E-state index contributed by atoms with van der Waals surface area (Å²) in [7, 11) is 0. The molecule has 8 heteroatoms. The molecule has 0 saturated carbocycles. The van der Waals surface area contributed by atoms with Gasteiger partial charge in [-0.05, 0) is 53.8 Å². The molecule has 1 N–H and O–H groups in total. The molecule has 0 aliphatic carbocycles. The highest BCUT2D eigenvalue weighted by Gasteiger charge is 2.33. The van der Waals surface area contributed by atoms with Crippen LogP contribution >= 0.6 is 11.8 Å². The predicted molar refractivity (Wildman–Crippen MR) is 115 cm³/mol. The second kappa shape index (κ2) is 7.38. The fourth-order valence-corrected chi connectivity index (χ4v) is 4.12. The number of hydrogen-bond donors (Lipinski definition) is 1. The first-order valence-corrected chi connectivity index (χ1v) is 10.1. The number of rotatable bonds is 4. The summed E-state index contributed by atoms with van der Waals surface area (Å²) in [5, 5.41) is 10.8. The van der Waals surface area contributed by atoms with Crippen LogP contribution in [0.1, 0.15) is 18.1 Å². The third-order valence-electron chi connectivity index (χ3n) is 4.82. The summed E-state index contributed by atoms with van der Waals surface area (Å²) >= 11 is 1.36. The van der Waals surface area contributed by atoms with Crippen molar-refractivity contribution in [3.8, 4) is 17.2 Å². The number of benzene rings is 2. The van der Waals surface area contributed by atoms with E-state index in [1.54, 1.807) is 11.0 Å². The third kappa shape index (κ3) is 3.35. The fraction of sp³-hybridized carbons (Fsp3) is 0.136. The Balaban J connectivity index is 1.29. The number of ether oxygens (including phenoxy) is 3. The van der Waals surface area contributed by atoms with Crippen molar-refractivity contribution in [3.05, 3.63) is 70.3 Å². The number of carbonyl (C=O) groups is 1. The summed E-state index contributed by atoms with van der Waals surface area (Å²) in [6, 6.07) is 13.1. The van der Waals surface area contributed by atoms with Crippen LogP contribution in [0.5, 0.6) is 17.2 Å². The monoisotopic (exact) mass is 419 g/mol. The number of thioether (sulfide) groups is 1. The summed E-state index contributed by atoms with van der Waals surface area (Å²) in [6.07, 6.45) is 1.68. The van der Waals surface area contributed by atoms with Crippen LogP contribution in [0, 0.1) is 5.41 Å². The van der Waals surface area contributed by atoms with Gasteiger partial charge in [-0.25, -0.2) is 0 Å². The van der Waals surface area contributed by atoms with Crippen molar-refractivity contribution in [2.24, 2.45) is 4.99 Å². The Kier molecular flexibility index (Phi) is 4.55. The van der Waals surface area contributed by atoms with Gasteiger partial charge in [0.25, 0.3) is 5.91 Å². The number of nitrogens with zero attached hydrogens (tertiary/aromatic N) is 2. The van der Waals surface area contributed by atoms with Gasteiger partial charge in [-0.15, -0.1) is 0 Å². The van der Waals surface area contributed by atoms with Gasteiger partial charge in [0, 0.05) is 5.70 Å². The van der Waals surface area contributed by atoms with Crippen molar-refractivity contribution >= 4 is 34.7 Å². The van der Waals surface area contributed by atoms with Crippen molar-refractivity contribution in [3.63, 3.8) is 0 Å². The molecule has 3 aliphatic rings. The Hall–Kier alpha value is -3.52. The van der Waals surface area contributed by atoms with Gasteiger partial charge in [0.2, 0.25) is 6.79 Å². The quantitative estimate of drug-likeness (QED) is 0.749. The van der Waals surface area contributed by atoms with Gasteiger partial charge in [-0.3, -0.25) is 15.1 Å². The van der Waals surface area contributed by atoms with E-state index in [-0.39, 0.29) is 18.2 Å². The fourth-order valence-electron chi connectivity index (χ4n) is 3.27. The lowest BCUT2D eigenvalue weighted by Gasteiger charge is -2.25. The predicted octanol–water partition coefficient (Wildman–Crippen LogP) is 4.16. The highest BCUT2D eigenvalue weighted by atomic mass is 32.2. The molecule has 2 aromatic rings. The van der Waals surface area contributed by atoms with Gasteiger partial charge < -0.3 is 14.2 Å². The van der Waals surface area contributed by atoms with E-state index in [2.05, 4.69) is 4.99 Å². The molecule has 5 rings (SSSR count). The van der Waals surface area contributed by atoms with Crippen molar-refractivity contribution < 1.29 is 19.0 Å². The minimum atomic E-state index is -0.398. The molecule has 3 aliphatic heterocycles. The van der Waals surface area contributed by atoms with Crippen molar-refractivity contribution in [1.29, 1.82) is 5.41 Å². The van der Waals surface area contributed by atoms with E-state index in [0.717, 1.165) is 28.3 Å². The van der Waals surface area contributed by atoms with Crippen LogP contribution in [0.2, 0.25) is 0 Å². The van der Waals surface area contributed by atoms with Crippen molar-refractivity contribution in [2.75, 3.05) is 6.79 Å².